The second kappa shape index (κ2) is 8.15. The van der Waals surface area contributed by atoms with Gasteiger partial charge >= 0.3 is 5.97 Å². The number of carbonyl (C=O) groups excluding carboxylic acids is 2. The predicted molar refractivity (Wildman–Crippen MR) is 108 cm³/mol. The van der Waals surface area contributed by atoms with E-state index in [2.05, 4.69) is 5.32 Å². The fourth-order valence-electron chi connectivity index (χ4n) is 3.95. The van der Waals surface area contributed by atoms with E-state index in [1.165, 1.54) is 0 Å². The molecule has 6 heteroatoms. The van der Waals surface area contributed by atoms with Crippen molar-refractivity contribution in [3.8, 4) is 11.5 Å². The number of carbonyl (C=O) groups is 2. The van der Waals surface area contributed by atoms with Crippen molar-refractivity contribution in [2.24, 2.45) is 0 Å². The van der Waals surface area contributed by atoms with Crippen molar-refractivity contribution in [3.63, 3.8) is 0 Å². The van der Waals surface area contributed by atoms with Crippen LogP contribution in [0.1, 0.15) is 50.5 Å². The Hall–Kier alpha value is -3.02. The zero-order chi connectivity index (χ0) is 20.3. The predicted octanol–water partition coefficient (Wildman–Crippen LogP) is 4.40. The Kier molecular flexibility index (Phi) is 5.43. The Labute approximate surface area is 170 Å². The normalized spacial score (nSPS) is 17.1. The summed E-state index contributed by atoms with van der Waals surface area (Å²) in [5.74, 6) is -0.370. The molecule has 1 aliphatic carbocycles. The monoisotopic (exact) mass is 395 g/mol. The van der Waals surface area contributed by atoms with E-state index in [1.54, 1.807) is 18.2 Å². The number of anilines is 1. The minimum absolute atomic E-state index is 0.333. The molecule has 0 radical (unpaired) electrons. The lowest BCUT2D eigenvalue weighted by Crippen LogP contribution is -2.34. The highest BCUT2D eigenvalue weighted by Crippen LogP contribution is 2.47. The molecule has 1 unspecified atom stereocenters. The molecule has 2 aliphatic rings. The highest BCUT2D eigenvalue weighted by molar-refractivity contribution is 5.93. The van der Waals surface area contributed by atoms with Gasteiger partial charge in [-0.3, -0.25) is 9.59 Å². The lowest BCUT2D eigenvalue weighted by molar-refractivity contribution is -0.149. The third-order valence-corrected chi connectivity index (χ3v) is 5.42. The molecule has 1 heterocycles. The van der Waals surface area contributed by atoms with Gasteiger partial charge in [0.05, 0.1) is 5.92 Å². The molecule has 1 fully saturated rings. The molecule has 6 nitrogen and oxygen atoms in total. The van der Waals surface area contributed by atoms with Crippen molar-refractivity contribution < 1.29 is 23.8 Å². The fourth-order valence-corrected chi connectivity index (χ4v) is 3.95. The second-order valence-electron chi connectivity index (χ2n) is 7.51. The standard InChI is InChI=1S/C23H25NO5/c1-2-18(16-8-4-3-5-9-16)22(26)27-15-21(25)24-17-10-11-19-20(14-17)29-23(28-19)12-6-7-13-23/h3-5,8-11,14,18H,2,6-7,12-13,15H2,1H3,(H,24,25). The summed E-state index contributed by atoms with van der Waals surface area (Å²) in [4.78, 5) is 24.6. The van der Waals surface area contributed by atoms with E-state index in [9.17, 15) is 9.59 Å². The first-order chi connectivity index (χ1) is 14.1. The van der Waals surface area contributed by atoms with Crippen LogP contribution in [-0.2, 0) is 14.3 Å². The number of benzene rings is 2. The average Bonchev–Trinajstić information content (AvgIpc) is 3.33. The number of rotatable bonds is 6. The van der Waals surface area contributed by atoms with E-state index < -0.39 is 17.7 Å². The molecule has 29 heavy (non-hydrogen) atoms. The first-order valence-corrected chi connectivity index (χ1v) is 10.1. The number of nitrogens with one attached hydrogen (secondary N) is 1. The highest BCUT2D eigenvalue weighted by atomic mass is 16.7. The topological polar surface area (TPSA) is 73.9 Å². The molecule has 0 bridgehead atoms. The van der Waals surface area contributed by atoms with Gasteiger partial charge in [-0.05, 0) is 37.0 Å². The van der Waals surface area contributed by atoms with E-state index in [0.717, 1.165) is 31.2 Å². The summed E-state index contributed by atoms with van der Waals surface area (Å²) in [5.41, 5.74) is 1.47. The van der Waals surface area contributed by atoms with Gasteiger partial charge in [0.25, 0.3) is 11.7 Å². The van der Waals surface area contributed by atoms with Gasteiger partial charge in [0.1, 0.15) is 0 Å². The summed E-state index contributed by atoms with van der Waals surface area (Å²) in [6, 6.07) is 14.7. The molecule has 4 rings (SSSR count). The van der Waals surface area contributed by atoms with Crippen LogP contribution in [-0.4, -0.2) is 24.3 Å². The lowest BCUT2D eigenvalue weighted by Gasteiger charge is -2.21. The van der Waals surface area contributed by atoms with Crippen LogP contribution in [0.2, 0.25) is 0 Å². The molecule has 2 aromatic carbocycles. The lowest BCUT2D eigenvalue weighted by atomic mass is 9.97. The number of fused-ring (bicyclic) bond motifs is 1. The number of hydrogen-bond donors (Lipinski definition) is 1. The Bertz CT molecular complexity index is 889. The molecule has 1 N–H and O–H groups in total. The SMILES string of the molecule is CCC(C(=O)OCC(=O)Nc1ccc2c(c1)OC1(CCCC1)O2)c1ccccc1. The van der Waals surface area contributed by atoms with Crippen molar-refractivity contribution in [1.82, 2.24) is 0 Å². The number of amides is 1. The molecule has 1 spiro atoms. The van der Waals surface area contributed by atoms with Gasteiger partial charge < -0.3 is 19.5 Å². The van der Waals surface area contributed by atoms with E-state index in [4.69, 9.17) is 14.2 Å². The Balaban J connectivity index is 1.32. The van der Waals surface area contributed by atoms with Crippen molar-refractivity contribution >= 4 is 17.6 Å². The summed E-state index contributed by atoms with van der Waals surface area (Å²) in [6.07, 6.45) is 4.53. The van der Waals surface area contributed by atoms with Crippen LogP contribution >= 0.6 is 0 Å². The Morgan fingerprint density at radius 2 is 1.79 bits per heavy atom. The van der Waals surface area contributed by atoms with Gasteiger partial charge in [-0.1, -0.05) is 37.3 Å². The summed E-state index contributed by atoms with van der Waals surface area (Å²) >= 11 is 0. The zero-order valence-corrected chi connectivity index (χ0v) is 16.5. The minimum atomic E-state index is -0.535. The molecule has 0 saturated heterocycles. The van der Waals surface area contributed by atoms with Gasteiger partial charge in [0.15, 0.2) is 18.1 Å². The van der Waals surface area contributed by atoms with Crippen LogP contribution in [0.25, 0.3) is 0 Å². The number of ether oxygens (including phenoxy) is 3. The minimum Gasteiger partial charge on any atom is -0.455 e. The van der Waals surface area contributed by atoms with Crippen molar-refractivity contribution in [2.75, 3.05) is 11.9 Å². The molecular weight excluding hydrogens is 370 g/mol. The first kappa shape index (κ1) is 19.3. The number of esters is 1. The molecule has 152 valence electrons. The molecule has 1 saturated carbocycles. The van der Waals surface area contributed by atoms with Gasteiger partial charge in [0, 0.05) is 24.6 Å². The van der Waals surface area contributed by atoms with Crippen LogP contribution in [0, 0.1) is 0 Å². The molecule has 2 aromatic rings. The highest BCUT2D eigenvalue weighted by Gasteiger charge is 2.44. The van der Waals surface area contributed by atoms with Crippen LogP contribution in [0.15, 0.2) is 48.5 Å². The van der Waals surface area contributed by atoms with E-state index in [-0.39, 0.29) is 12.5 Å². The summed E-state index contributed by atoms with van der Waals surface area (Å²) in [5, 5.41) is 2.75. The maximum atomic E-state index is 12.4. The largest absolute Gasteiger partial charge is 0.455 e. The van der Waals surface area contributed by atoms with Gasteiger partial charge in [-0.2, -0.15) is 0 Å². The third-order valence-electron chi connectivity index (χ3n) is 5.42. The molecular formula is C23H25NO5. The Morgan fingerprint density at radius 1 is 1.07 bits per heavy atom. The molecule has 1 atom stereocenters. The second-order valence-corrected chi connectivity index (χ2v) is 7.51. The number of hydrogen-bond acceptors (Lipinski definition) is 5. The molecule has 1 amide bonds. The maximum absolute atomic E-state index is 12.4. The van der Waals surface area contributed by atoms with Crippen molar-refractivity contribution in [3.05, 3.63) is 54.1 Å². The van der Waals surface area contributed by atoms with E-state index in [0.29, 0.717) is 23.6 Å². The summed E-state index contributed by atoms with van der Waals surface area (Å²) < 4.78 is 17.2. The molecule has 1 aliphatic heterocycles. The average molecular weight is 395 g/mol. The van der Waals surface area contributed by atoms with Crippen molar-refractivity contribution in [2.45, 2.75) is 50.7 Å². The fraction of sp³-hybridized carbons (Fsp3) is 0.391. The third kappa shape index (κ3) is 4.21. The zero-order valence-electron chi connectivity index (χ0n) is 16.5. The van der Waals surface area contributed by atoms with Gasteiger partial charge in [0.2, 0.25) is 0 Å². The molecule has 0 aromatic heterocycles. The van der Waals surface area contributed by atoms with Crippen molar-refractivity contribution in [1.29, 1.82) is 0 Å². The van der Waals surface area contributed by atoms with E-state index in [1.807, 2.05) is 37.3 Å². The quantitative estimate of drug-likeness (QED) is 0.734. The van der Waals surface area contributed by atoms with E-state index >= 15 is 0 Å². The van der Waals surface area contributed by atoms with Crippen LogP contribution in [0.5, 0.6) is 11.5 Å². The summed E-state index contributed by atoms with van der Waals surface area (Å²) in [7, 11) is 0. The Morgan fingerprint density at radius 3 is 2.52 bits per heavy atom. The van der Waals surface area contributed by atoms with Crippen LogP contribution in [0.4, 0.5) is 5.69 Å². The van der Waals surface area contributed by atoms with Gasteiger partial charge in [-0.25, -0.2) is 0 Å². The van der Waals surface area contributed by atoms with Crippen LogP contribution in [0.3, 0.4) is 0 Å². The maximum Gasteiger partial charge on any atom is 0.313 e. The van der Waals surface area contributed by atoms with Crippen LogP contribution < -0.4 is 14.8 Å². The van der Waals surface area contributed by atoms with Gasteiger partial charge in [-0.15, -0.1) is 0 Å². The summed E-state index contributed by atoms with van der Waals surface area (Å²) in [6.45, 7) is 1.59. The first-order valence-electron chi connectivity index (χ1n) is 10.1. The smallest absolute Gasteiger partial charge is 0.313 e.